The molecule has 1 N–H and O–H groups in total. The van der Waals surface area contributed by atoms with E-state index in [9.17, 15) is 0 Å². The van der Waals surface area contributed by atoms with Gasteiger partial charge in [-0.1, -0.05) is 0 Å². The monoisotopic (exact) mass is 285 g/mol. The first kappa shape index (κ1) is 13.6. The first-order chi connectivity index (χ1) is 10.3. The molecule has 3 aliphatic carbocycles. The van der Waals surface area contributed by atoms with Crippen LogP contribution in [0.2, 0.25) is 0 Å². The van der Waals surface area contributed by atoms with Gasteiger partial charge in [0.15, 0.2) is 0 Å². The molecule has 0 aliphatic heterocycles. The molecule has 0 aromatic carbocycles. The van der Waals surface area contributed by atoms with Crippen LogP contribution in [-0.4, -0.2) is 24.1 Å². The molecule has 0 saturated heterocycles. The highest BCUT2D eigenvalue weighted by molar-refractivity contribution is 5.48. The fourth-order valence-electron chi connectivity index (χ4n) is 3.07. The Bertz CT molecular complexity index is 487. The van der Waals surface area contributed by atoms with E-state index >= 15 is 0 Å². The molecular formula is C18H27N3. The Labute approximate surface area is 128 Å². The molecule has 0 amide bonds. The minimum Gasteiger partial charge on any atom is -0.356 e. The molecular weight excluding hydrogens is 258 g/mol. The zero-order chi connectivity index (χ0) is 14.2. The molecule has 3 fully saturated rings. The molecule has 1 heterocycles. The van der Waals surface area contributed by atoms with Crippen molar-refractivity contribution in [1.29, 1.82) is 0 Å². The minimum atomic E-state index is 0.770. The van der Waals surface area contributed by atoms with E-state index in [4.69, 9.17) is 4.98 Å². The Balaban J connectivity index is 1.44. The Kier molecular flexibility index (Phi) is 3.62. The van der Waals surface area contributed by atoms with Crippen LogP contribution in [0, 0.1) is 18.8 Å². The number of hydrogen-bond donors (Lipinski definition) is 1. The second-order valence-corrected chi connectivity index (χ2v) is 7.43. The number of hydrogen-bond acceptors (Lipinski definition) is 3. The molecule has 3 heteroatoms. The van der Waals surface area contributed by atoms with Gasteiger partial charge in [-0.05, 0) is 74.5 Å². The molecule has 114 valence electrons. The number of nitrogens with one attached hydrogen (secondary N) is 1. The van der Waals surface area contributed by atoms with Crippen molar-refractivity contribution in [2.75, 3.05) is 18.0 Å². The predicted molar refractivity (Wildman–Crippen MR) is 86.5 cm³/mol. The fourth-order valence-corrected chi connectivity index (χ4v) is 3.07. The summed E-state index contributed by atoms with van der Waals surface area (Å²) in [4.78, 5) is 7.40. The lowest BCUT2D eigenvalue weighted by atomic mass is 10.1. The summed E-state index contributed by atoms with van der Waals surface area (Å²) in [7, 11) is 0. The second kappa shape index (κ2) is 5.60. The van der Waals surface area contributed by atoms with Crippen LogP contribution in [0.25, 0.3) is 0 Å². The first-order valence-corrected chi connectivity index (χ1v) is 8.72. The van der Waals surface area contributed by atoms with Gasteiger partial charge < -0.3 is 10.2 Å². The van der Waals surface area contributed by atoms with Crippen molar-refractivity contribution in [3.05, 3.63) is 23.4 Å². The lowest BCUT2D eigenvalue weighted by Crippen LogP contribution is -2.29. The third kappa shape index (κ3) is 3.76. The van der Waals surface area contributed by atoms with E-state index in [0.29, 0.717) is 0 Å². The summed E-state index contributed by atoms with van der Waals surface area (Å²) < 4.78 is 0. The highest BCUT2D eigenvalue weighted by atomic mass is 15.2. The molecule has 0 bridgehead atoms. The van der Waals surface area contributed by atoms with Crippen molar-refractivity contribution < 1.29 is 0 Å². The van der Waals surface area contributed by atoms with Crippen molar-refractivity contribution in [3.63, 3.8) is 0 Å². The third-order valence-corrected chi connectivity index (χ3v) is 4.93. The van der Waals surface area contributed by atoms with Crippen LogP contribution in [0.15, 0.2) is 12.3 Å². The van der Waals surface area contributed by atoms with Crippen molar-refractivity contribution >= 4 is 5.82 Å². The van der Waals surface area contributed by atoms with Crippen LogP contribution >= 0.6 is 0 Å². The van der Waals surface area contributed by atoms with Crippen LogP contribution < -0.4 is 10.2 Å². The van der Waals surface area contributed by atoms with E-state index in [1.165, 1.54) is 68.6 Å². The minimum absolute atomic E-state index is 0.770. The summed E-state index contributed by atoms with van der Waals surface area (Å²) in [6.45, 7) is 5.66. The maximum atomic E-state index is 4.82. The number of aryl methyl sites for hydroxylation is 1. The third-order valence-electron chi connectivity index (χ3n) is 4.93. The van der Waals surface area contributed by atoms with E-state index in [0.717, 1.165) is 24.4 Å². The van der Waals surface area contributed by atoms with Gasteiger partial charge >= 0.3 is 0 Å². The average molecular weight is 285 g/mol. The summed E-state index contributed by atoms with van der Waals surface area (Å²) in [6, 6.07) is 3.11. The normalized spacial score (nSPS) is 21.6. The van der Waals surface area contributed by atoms with E-state index in [1.807, 2.05) is 0 Å². The topological polar surface area (TPSA) is 28.2 Å². The highest BCUT2D eigenvalue weighted by Gasteiger charge is 2.30. The summed E-state index contributed by atoms with van der Waals surface area (Å²) >= 11 is 0. The summed E-state index contributed by atoms with van der Waals surface area (Å²) in [5, 5.41) is 3.58. The molecule has 3 aliphatic rings. The molecule has 0 spiro atoms. The van der Waals surface area contributed by atoms with Gasteiger partial charge in [0.25, 0.3) is 0 Å². The number of aromatic nitrogens is 1. The number of pyridine rings is 1. The summed E-state index contributed by atoms with van der Waals surface area (Å²) in [5.41, 5.74) is 2.69. The van der Waals surface area contributed by atoms with Gasteiger partial charge in [0.1, 0.15) is 5.82 Å². The lowest BCUT2D eigenvalue weighted by molar-refractivity contribution is 0.665. The molecule has 3 nitrogen and oxygen atoms in total. The van der Waals surface area contributed by atoms with Gasteiger partial charge in [0.05, 0.1) is 0 Å². The van der Waals surface area contributed by atoms with Crippen molar-refractivity contribution in [1.82, 2.24) is 10.3 Å². The van der Waals surface area contributed by atoms with Crippen LogP contribution in [0.5, 0.6) is 0 Å². The zero-order valence-corrected chi connectivity index (χ0v) is 13.1. The Hall–Kier alpha value is -1.09. The molecule has 3 saturated carbocycles. The van der Waals surface area contributed by atoms with Gasteiger partial charge in [0, 0.05) is 31.9 Å². The van der Waals surface area contributed by atoms with Gasteiger partial charge in [-0.2, -0.15) is 0 Å². The Morgan fingerprint density at radius 1 is 1.10 bits per heavy atom. The molecule has 0 unspecified atom stereocenters. The molecule has 0 radical (unpaired) electrons. The van der Waals surface area contributed by atoms with Crippen molar-refractivity contribution in [3.8, 4) is 0 Å². The van der Waals surface area contributed by atoms with Gasteiger partial charge in [-0.15, -0.1) is 0 Å². The predicted octanol–water partition coefficient (Wildman–Crippen LogP) is 3.27. The maximum Gasteiger partial charge on any atom is 0.131 e. The molecule has 4 rings (SSSR count). The van der Waals surface area contributed by atoms with Crippen LogP contribution in [0.3, 0.4) is 0 Å². The quantitative estimate of drug-likeness (QED) is 0.794. The molecule has 1 aromatic rings. The smallest absolute Gasteiger partial charge is 0.131 e. The SMILES string of the molecule is Cc1cc(CNC2CC2)cnc1N(CC1CC1)CC1CC1. The number of anilines is 1. The van der Waals surface area contributed by atoms with E-state index in [2.05, 4.69) is 29.4 Å². The standard InChI is InChI=1S/C18H27N3/c1-13-8-16(9-19-17-6-7-17)10-20-18(13)21(11-14-2-3-14)12-15-4-5-15/h8,10,14-15,17,19H,2-7,9,11-12H2,1H3. The van der Waals surface area contributed by atoms with Crippen LogP contribution in [-0.2, 0) is 6.54 Å². The molecule has 21 heavy (non-hydrogen) atoms. The Morgan fingerprint density at radius 2 is 1.76 bits per heavy atom. The van der Waals surface area contributed by atoms with Crippen LogP contribution in [0.1, 0.15) is 49.7 Å². The summed E-state index contributed by atoms with van der Waals surface area (Å²) in [6.07, 6.45) is 10.5. The van der Waals surface area contributed by atoms with Gasteiger partial charge in [-0.25, -0.2) is 4.98 Å². The van der Waals surface area contributed by atoms with E-state index in [-0.39, 0.29) is 0 Å². The summed E-state index contributed by atoms with van der Waals surface area (Å²) in [5.74, 6) is 3.10. The van der Waals surface area contributed by atoms with Crippen molar-refractivity contribution in [2.24, 2.45) is 11.8 Å². The number of rotatable bonds is 8. The largest absolute Gasteiger partial charge is 0.356 e. The zero-order valence-electron chi connectivity index (χ0n) is 13.1. The molecule has 0 atom stereocenters. The number of nitrogens with zero attached hydrogens (tertiary/aromatic N) is 2. The second-order valence-electron chi connectivity index (χ2n) is 7.43. The first-order valence-electron chi connectivity index (χ1n) is 8.72. The van der Waals surface area contributed by atoms with Crippen molar-refractivity contribution in [2.45, 2.75) is 58.0 Å². The Morgan fingerprint density at radius 3 is 2.29 bits per heavy atom. The van der Waals surface area contributed by atoms with Gasteiger partial charge in [0.2, 0.25) is 0 Å². The fraction of sp³-hybridized carbons (Fsp3) is 0.722. The lowest BCUT2D eigenvalue weighted by Gasteiger charge is -2.25. The highest BCUT2D eigenvalue weighted by Crippen LogP contribution is 2.36. The van der Waals surface area contributed by atoms with Crippen LogP contribution in [0.4, 0.5) is 5.82 Å². The maximum absolute atomic E-state index is 4.82. The molecule has 1 aromatic heterocycles. The van der Waals surface area contributed by atoms with E-state index in [1.54, 1.807) is 0 Å². The van der Waals surface area contributed by atoms with Gasteiger partial charge in [-0.3, -0.25) is 0 Å². The van der Waals surface area contributed by atoms with E-state index < -0.39 is 0 Å². The average Bonchev–Trinajstić information content (AvgIpc) is 3.33.